The Morgan fingerprint density at radius 2 is 1.67 bits per heavy atom. The second-order valence-corrected chi connectivity index (χ2v) is 6.05. The van der Waals surface area contributed by atoms with Crippen LogP contribution in [0.1, 0.15) is 5.82 Å². The summed E-state index contributed by atoms with van der Waals surface area (Å²) in [5.41, 5.74) is 0.635. The molecule has 3 aromatic rings. The van der Waals surface area contributed by atoms with Gasteiger partial charge in [0.05, 0.1) is 17.0 Å². The van der Waals surface area contributed by atoms with Gasteiger partial charge in [-0.3, -0.25) is 4.98 Å². The largest absolute Gasteiger partial charge is 0.256 e. The highest BCUT2D eigenvalue weighted by atomic mass is 32.2. The summed E-state index contributed by atoms with van der Waals surface area (Å²) in [4.78, 5) is 12.3. The topological polar surface area (TPSA) is 84.8 Å². The predicted molar refractivity (Wildman–Crippen MR) is 77.8 cm³/mol. The molecule has 7 heteroatoms. The van der Waals surface area contributed by atoms with Gasteiger partial charge < -0.3 is 0 Å². The predicted octanol–water partition coefficient (Wildman–Crippen LogP) is 1.50. The number of sulfonamides is 1. The third-order valence-electron chi connectivity index (χ3n) is 2.93. The molecule has 0 aliphatic carbocycles. The minimum atomic E-state index is -3.66. The van der Waals surface area contributed by atoms with Crippen LogP contribution in [0.2, 0.25) is 0 Å². The average Bonchev–Trinajstić information content (AvgIpc) is 2.53. The highest BCUT2D eigenvalue weighted by Gasteiger charge is 2.17. The van der Waals surface area contributed by atoms with E-state index in [9.17, 15) is 8.42 Å². The zero-order valence-corrected chi connectivity index (χ0v) is 11.8. The molecule has 0 fully saturated rings. The van der Waals surface area contributed by atoms with Gasteiger partial charge in [0.25, 0.3) is 0 Å². The summed E-state index contributed by atoms with van der Waals surface area (Å²) in [5.74, 6) is 0.416. The van der Waals surface area contributed by atoms with Crippen molar-refractivity contribution in [3.05, 3.63) is 60.8 Å². The van der Waals surface area contributed by atoms with E-state index in [4.69, 9.17) is 0 Å². The van der Waals surface area contributed by atoms with Gasteiger partial charge in [0.15, 0.2) is 0 Å². The standard InChI is InChI=1S/C14H12N4O2S/c19-21(20,18-10-14-16-8-3-9-17-14)13-6-1-5-12-11(13)4-2-7-15-12/h1-9,18H,10H2. The van der Waals surface area contributed by atoms with Gasteiger partial charge in [0.2, 0.25) is 10.0 Å². The van der Waals surface area contributed by atoms with Gasteiger partial charge >= 0.3 is 0 Å². The summed E-state index contributed by atoms with van der Waals surface area (Å²) in [5, 5.41) is 0.585. The first kappa shape index (κ1) is 13.6. The van der Waals surface area contributed by atoms with Crippen LogP contribution in [0.5, 0.6) is 0 Å². The van der Waals surface area contributed by atoms with Gasteiger partial charge in [0.1, 0.15) is 5.82 Å². The maximum absolute atomic E-state index is 12.4. The minimum Gasteiger partial charge on any atom is -0.256 e. The molecule has 0 aliphatic heterocycles. The fraction of sp³-hybridized carbons (Fsp3) is 0.0714. The molecule has 0 atom stereocenters. The van der Waals surface area contributed by atoms with Crippen LogP contribution < -0.4 is 4.72 Å². The summed E-state index contributed by atoms with van der Waals surface area (Å²) >= 11 is 0. The van der Waals surface area contributed by atoms with Crippen molar-refractivity contribution in [1.29, 1.82) is 0 Å². The van der Waals surface area contributed by atoms with Gasteiger partial charge in [-0.1, -0.05) is 6.07 Å². The molecule has 0 amide bonds. The van der Waals surface area contributed by atoms with E-state index in [1.54, 1.807) is 55.0 Å². The van der Waals surface area contributed by atoms with Crippen LogP contribution in [-0.2, 0) is 16.6 Å². The smallest absolute Gasteiger partial charge is 0.241 e. The number of hydrogen-bond donors (Lipinski definition) is 1. The molecule has 21 heavy (non-hydrogen) atoms. The molecule has 0 bridgehead atoms. The Bertz CT molecular complexity index is 861. The minimum absolute atomic E-state index is 0.0415. The summed E-state index contributed by atoms with van der Waals surface area (Å²) in [6.07, 6.45) is 4.76. The van der Waals surface area contributed by atoms with Crippen LogP contribution in [0.4, 0.5) is 0 Å². The first-order valence-corrected chi connectivity index (χ1v) is 7.74. The van der Waals surface area contributed by atoms with Crippen molar-refractivity contribution in [2.24, 2.45) is 0 Å². The molecule has 106 valence electrons. The van der Waals surface area contributed by atoms with E-state index < -0.39 is 10.0 Å². The van der Waals surface area contributed by atoms with Crippen molar-refractivity contribution in [3.63, 3.8) is 0 Å². The SMILES string of the molecule is O=S(=O)(NCc1ncccn1)c1cccc2ncccc12. The summed E-state index contributed by atoms with van der Waals surface area (Å²) in [6, 6.07) is 10.1. The number of benzene rings is 1. The van der Waals surface area contributed by atoms with Gasteiger partial charge in [-0.25, -0.2) is 23.1 Å². The number of hydrogen-bond acceptors (Lipinski definition) is 5. The fourth-order valence-corrected chi connectivity index (χ4v) is 3.16. The highest BCUT2D eigenvalue weighted by Crippen LogP contribution is 2.20. The maximum Gasteiger partial charge on any atom is 0.241 e. The number of nitrogens with one attached hydrogen (secondary N) is 1. The third kappa shape index (κ3) is 2.88. The van der Waals surface area contributed by atoms with Crippen LogP contribution in [0.25, 0.3) is 10.9 Å². The van der Waals surface area contributed by atoms with E-state index in [1.165, 1.54) is 0 Å². The van der Waals surface area contributed by atoms with E-state index in [-0.39, 0.29) is 11.4 Å². The summed E-state index contributed by atoms with van der Waals surface area (Å²) in [7, 11) is -3.66. The molecule has 3 rings (SSSR count). The normalized spacial score (nSPS) is 11.6. The molecule has 0 aliphatic rings. The van der Waals surface area contributed by atoms with Crippen molar-refractivity contribution in [2.75, 3.05) is 0 Å². The third-order valence-corrected chi connectivity index (χ3v) is 4.39. The van der Waals surface area contributed by atoms with Gasteiger partial charge in [-0.15, -0.1) is 0 Å². The summed E-state index contributed by atoms with van der Waals surface area (Å²) in [6.45, 7) is 0.0415. The lowest BCUT2D eigenvalue weighted by Gasteiger charge is -2.08. The molecule has 0 radical (unpaired) electrons. The van der Waals surface area contributed by atoms with Crippen molar-refractivity contribution in [1.82, 2.24) is 19.7 Å². The number of nitrogens with zero attached hydrogens (tertiary/aromatic N) is 3. The molecule has 1 N–H and O–H groups in total. The second-order valence-electron chi connectivity index (χ2n) is 4.32. The number of aromatic nitrogens is 3. The van der Waals surface area contributed by atoms with Crippen molar-refractivity contribution < 1.29 is 8.42 Å². The van der Waals surface area contributed by atoms with Crippen LogP contribution >= 0.6 is 0 Å². The second kappa shape index (κ2) is 5.55. The zero-order chi connectivity index (χ0) is 14.7. The number of rotatable bonds is 4. The first-order chi connectivity index (χ1) is 10.2. The molecule has 0 saturated heterocycles. The van der Waals surface area contributed by atoms with Crippen molar-refractivity contribution >= 4 is 20.9 Å². The number of pyridine rings is 1. The van der Waals surface area contributed by atoms with E-state index in [0.29, 0.717) is 16.7 Å². The molecule has 1 aromatic carbocycles. The molecular weight excluding hydrogens is 288 g/mol. The number of fused-ring (bicyclic) bond motifs is 1. The Morgan fingerprint density at radius 3 is 2.48 bits per heavy atom. The maximum atomic E-state index is 12.4. The zero-order valence-electron chi connectivity index (χ0n) is 11.0. The lowest BCUT2D eigenvalue weighted by atomic mass is 10.2. The summed E-state index contributed by atoms with van der Waals surface area (Å²) < 4.78 is 27.4. The molecule has 0 unspecified atom stereocenters. The van der Waals surface area contributed by atoms with E-state index in [0.717, 1.165) is 0 Å². The van der Waals surface area contributed by atoms with Crippen molar-refractivity contribution in [2.45, 2.75) is 11.4 Å². The van der Waals surface area contributed by atoms with E-state index in [1.807, 2.05) is 0 Å². The van der Waals surface area contributed by atoms with Crippen LogP contribution in [0.3, 0.4) is 0 Å². The van der Waals surface area contributed by atoms with Crippen molar-refractivity contribution in [3.8, 4) is 0 Å². The molecule has 0 saturated carbocycles. The monoisotopic (exact) mass is 300 g/mol. The first-order valence-electron chi connectivity index (χ1n) is 6.26. The van der Waals surface area contributed by atoms with Gasteiger partial charge in [-0.2, -0.15) is 0 Å². The molecule has 0 spiro atoms. The Hall–Kier alpha value is -2.38. The Kier molecular flexibility index (Phi) is 3.59. The quantitative estimate of drug-likeness (QED) is 0.789. The van der Waals surface area contributed by atoms with Gasteiger partial charge in [0, 0.05) is 24.0 Å². The van der Waals surface area contributed by atoms with E-state index >= 15 is 0 Å². The Labute approximate surface area is 122 Å². The lowest BCUT2D eigenvalue weighted by Crippen LogP contribution is -2.24. The molecule has 2 heterocycles. The van der Waals surface area contributed by atoms with E-state index in [2.05, 4.69) is 19.7 Å². The Morgan fingerprint density at radius 1 is 0.905 bits per heavy atom. The highest BCUT2D eigenvalue weighted by molar-refractivity contribution is 7.89. The molecular formula is C14H12N4O2S. The van der Waals surface area contributed by atoms with Crippen LogP contribution in [0.15, 0.2) is 59.9 Å². The lowest BCUT2D eigenvalue weighted by molar-refractivity contribution is 0.580. The average molecular weight is 300 g/mol. The molecule has 6 nitrogen and oxygen atoms in total. The molecule has 2 aromatic heterocycles. The Balaban J connectivity index is 1.94. The van der Waals surface area contributed by atoms with Gasteiger partial charge in [-0.05, 0) is 30.3 Å². The van der Waals surface area contributed by atoms with Crippen LogP contribution in [-0.4, -0.2) is 23.4 Å². The fourth-order valence-electron chi connectivity index (χ4n) is 1.97. The van der Waals surface area contributed by atoms with Crippen LogP contribution in [0, 0.1) is 0 Å².